The summed E-state index contributed by atoms with van der Waals surface area (Å²) in [5.41, 5.74) is -5.35. The van der Waals surface area contributed by atoms with Gasteiger partial charge >= 0.3 is 23.9 Å². The lowest BCUT2D eigenvalue weighted by atomic mass is 9.63. The first-order valence-electron chi connectivity index (χ1n) is 17.8. The van der Waals surface area contributed by atoms with Crippen LogP contribution in [0.25, 0.3) is 0 Å². The molecule has 8 nitrogen and oxygen atoms in total. The number of aliphatic carboxylic acids is 1. The molecule has 0 aliphatic rings. The molecule has 0 aromatic carbocycles. The SMILES string of the molecule is CCC(C)(CC(C)(CC(C)(CC(C)C(=O)OC(C)(C)CC[Si]([Si](C)(C)C)([Si](C)(C)C)[Si](C)(C)C)C(=O)OC)C(=O)O)C(=O)OC(C)(C)C. The van der Waals surface area contributed by atoms with Crippen molar-refractivity contribution in [3.05, 3.63) is 0 Å². The highest BCUT2D eigenvalue weighted by Crippen LogP contribution is 2.48. The number of hydrogen-bond acceptors (Lipinski definition) is 7. The molecule has 0 rings (SSSR count). The molecule has 4 atom stereocenters. The van der Waals surface area contributed by atoms with Crippen molar-refractivity contribution in [3.63, 3.8) is 0 Å². The first kappa shape index (κ1) is 46.7. The monoisotopic (exact) mass is 746 g/mol. The summed E-state index contributed by atoms with van der Waals surface area (Å²) in [6.07, 6.45) is 1.04. The van der Waals surface area contributed by atoms with Gasteiger partial charge in [-0.1, -0.05) is 78.8 Å². The average molecular weight is 747 g/mol. The van der Waals surface area contributed by atoms with Gasteiger partial charge in [0.1, 0.15) is 11.2 Å². The third-order valence-electron chi connectivity index (χ3n) is 10.9. The molecule has 0 fully saturated rings. The van der Waals surface area contributed by atoms with E-state index in [1.165, 1.54) is 7.11 Å². The van der Waals surface area contributed by atoms with Gasteiger partial charge < -0.3 is 19.3 Å². The Morgan fingerprint density at radius 3 is 1.42 bits per heavy atom. The Kier molecular flexibility index (Phi) is 15.1. The number of carboxylic acid groups (broad SMARTS) is 1. The number of hydrogen-bond donors (Lipinski definition) is 1. The fourth-order valence-electron chi connectivity index (χ4n) is 9.32. The van der Waals surface area contributed by atoms with Crippen LogP contribution in [0.2, 0.25) is 65.0 Å². The van der Waals surface area contributed by atoms with Crippen LogP contribution in [0.5, 0.6) is 0 Å². The maximum atomic E-state index is 13.7. The molecule has 0 aliphatic heterocycles. The highest BCUT2D eigenvalue weighted by Gasteiger charge is 2.61. The fourth-order valence-corrected chi connectivity index (χ4v) is 108. The van der Waals surface area contributed by atoms with E-state index in [0.29, 0.717) is 6.42 Å². The first-order chi connectivity index (χ1) is 21.0. The van der Waals surface area contributed by atoms with Gasteiger partial charge in [-0.3, -0.25) is 19.2 Å². The van der Waals surface area contributed by atoms with Crippen LogP contribution in [0.15, 0.2) is 0 Å². The van der Waals surface area contributed by atoms with E-state index in [-0.39, 0.29) is 19.3 Å². The first-order valence-corrected chi connectivity index (χ1v) is 33.5. The minimum atomic E-state index is -1.65. The van der Waals surface area contributed by atoms with Gasteiger partial charge in [0.25, 0.3) is 0 Å². The molecule has 0 amide bonds. The zero-order valence-corrected chi connectivity index (χ0v) is 38.6. The van der Waals surface area contributed by atoms with Crippen LogP contribution in [-0.2, 0) is 33.4 Å². The summed E-state index contributed by atoms with van der Waals surface area (Å²) in [4.78, 5) is 53.3. The van der Waals surface area contributed by atoms with Crippen LogP contribution >= 0.6 is 0 Å². The molecular formula is C36H74O8Si4. The Morgan fingerprint density at radius 1 is 0.667 bits per heavy atom. The van der Waals surface area contributed by atoms with E-state index in [1.807, 2.05) is 20.8 Å². The Labute approximate surface area is 297 Å². The zero-order chi connectivity index (χ0) is 38.8. The molecule has 0 saturated heterocycles. The van der Waals surface area contributed by atoms with E-state index in [1.54, 1.807) is 48.5 Å². The average Bonchev–Trinajstić information content (AvgIpc) is 2.83. The second-order valence-corrected chi connectivity index (χ2v) is 61.6. The molecule has 282 valence electrons. The normalized spacial score (nSPS) is 18.1. The molecule has 0 aliphatic carbocycles. The standard InChI is InChI=1S/C36H74O8Si4/c1-21-34(8,31(41)44-32(3,4)5)25-36(10,29(38)39)26-35(9,30(40)42-11)24-27(2)28(37)43-33(6,7)22-23-48(45(12,13)14,46(15,16)17)47(18,19)20/h27H,21-26H2,1-20H3,(H,38,39). The number of rotatable bonds is 18. The third-order valence-corrected chi connectivity index (χ3v) is 85.4. The molecular weight excluding hydrogens is 673 g/mol. The maximum absolute atomic E-state index is 13.7. The zero-order valence-electron chi connectivity index (χ0n) is 34.6. The van der Waals surface area contributed by atoms with Crippen LogP contribution in [-0.4, -0.2) is 76.7 Å². The van der Waals surface area contributed by atoms with Gasteiger partial charge in [-0.15, -0.1) is 0 Å². The molecule has 1 N–H and O–H groups in total. The Hall–Kier alpha value is -1.25. The quantitative estimate of drug-likeness (QED) is 0.0839. The summed E-state index contributed by atoms with van der Waals surface area (Å²) in [6, 6.07) is 1.16. The third kappa shape index (κ3) is 11.4. The minimum Gasteiger partial charge on any atom is -0.481 e. The molecule has 48 heavy (non-hydrogen) atoms. The van der Waals surface area contributed by atoms with Crippen LogP contribution in [0.1, 0.15) is 101 Å². The number of methoxy groups -OCH3 is 1. The van der Waals surface area contributed by atoms with Gasteiger partial charge in [0.05, 0.1) is 29.3 Å². The van der Waals surface area contributed by atoms with Crippen LogP contribution in [0, 0.1) is 22.2 Å². The minimum absolute atomic E-state index is 0.0455. The van der Waals surface area contributed by atoms with E-state index in [2.05, 4.69) is 58.9 Å². The number of esters is 3. The van der Waals surface area contributed by atoms with Crippen molar-refractivity contribution >= 4 is 53.3 Å². The van der Waals surface area contributed by atoms with Crippen molar-refractivity contribution in [1.29, 1.82) is 0 Å². The molecule has 0 bridgehead atoms. The van der Waals surface area contributed by atoms with Gasteiger partial charge in [-0.05, 0) is 87.5 Å². The van der Waals surface area contributed by atoms with Crippen LogP contribution < -0.4 is 0 Å². The second kappa shape index (κ2) is 15.6. The number of carbonyl (C=O) groups is 4. The van der Waals surface area contributed by atoms with Crippen LogP contribution in [0.4, 0.5) is 0 Å². The fraction of sp³-hybridized carbons (Fsp3) is 0.889. The van der Waals surface area contributed by atoms with Crippen LogP contribution in [0.3, 0.4) is 0 Å². The second-order valence-electron chi connectivity index (χ2n) is 20.1. The lowest BCUT2D eigenvalue weighted by Gasteiger charge is -2.58. The number of carbonyl (C=O) groups excluding carboxylic acids is 3. The smallest absolute Gasteiger partial charge is 0.312 e. The number of carboxylic acids is 1. The summed E-state index contributed by atoms with van der Waals surface area (Å²) in [6.45, 7) is 39.2. The highest BCUT2D eigenvalue weighted by molar-refractivity contribution is 7.89. The van der Waals surface area contributed by atoms with Crippen molar-refractivity contribution < 1.29 is 38.5 Å². The van der Waals surface area contributed by atoms with Crippen molar-refractivity contribution in [3.8, 4) is 0 Å². The van der Waals surface area contributed by atoms with E-state index >= 15 is 0 Å². The lowest BCUT2D eigenvalue weighted by molar-refractivity contribution is -0.173. The van der Waals surface area contributed by atoms with E-state index in [9.17, 15) is 24.3 Å². The van der Waals surface area contributed by atoms with Gasteiger partial charge in [-0.25, -0.2) is 0 Å². The van der Waals surface area contributed by atoms with E-state index < -0.39 is 86.6 Å². The Balaban J connectivity index is 6.38. The molecule has 0 saturated carbocycles. The molecule has 0 spiro atoms. The molecule has 0 aromatic heterocycles. The summed E-state index contributed by atoms with van der Waals surface area (Å²) >= 11 is 0. The highest BCUT2D eigenvalue weighted by atomic mass is 29.9. The molecule has 4 unspecified atom stereocenters. The molecule has 0 radical (unpaired) electrons. The topological polar surface area (TPSA) is 116 Å². The molecule has 0 heterocycles. The van der Waals surface area contributed by atoms with Crippen molar-refractivity contribution in [1.82, 2.24) is 0 Å². The Bertz CT molecular complexity index is 1120. The van der Waals surface area contributed by atoms with Crippen molar-refractivity contribution in [2.45, 2.75) is 178 Å². The molecule has 12 heteroatoms. The summed E-state index contributed by atoms with van der Waals surface area (Å²) in [5, 5.41) is 10.5. The number of ether oxygens (including phenoxy) is 3. The largest absolute Gasteiger partial charge is 0.481 e. The predicted molar refractivity (Wildman–Crippen MR) is 209 cm³/mol. The molecule has 0 aromatic rings. The predicted octanol–water partition coefficient (Wildman–Crippen LogP) is 9.23. The van der Waals surface area contributed by atoms with Crippen molar-refractivity contribution in [2.75, 3.05) is 7.11 Å². The van der Waals surface area contributed by atoms with E-state index in [4.69, 9.17) is 14.2 Å². The van der Waals surface area contributed by atoms with Gasteiger partial charge in [0.15, 0.2) is 0 Å². The Morgan fingerprint density at radius 2 is 1.08 bits per heavy atom. The summed E-state index contributed by atoms with van der Waals surface area (Å²) < 4.78 is 17.1. The van der Waals surface area contributed by atoms with E-state index in [0.717, 1.165) is 12.5 Å². The van der Waals surface area contributed by atoms with Gasteiger partial charge in [-0.2, -0.15) is 0 Å². The van der Waals surface area contributed by atoms with Gasteiger partial charge in [0.2, 0.25) is 0 Å². The van der Waals surface area contributed by atoms with Crippen molar-refractivity contribution in [2.24, 2.45) is 22.2 Å². The summed E-state index contributed by atoms with van der Waals surface area (Å²) in [7, 11) is -3.22. The maximum Gasteiger partial charge on any atom is 0.312 e. The van der Waals surface area contributed by atoms with Gasteiger partial charge in [0, 0.05) is 29.4 Å². The lowest BCUT2D eigenvalue weighted by Crippen LogP contribution is -2.82. The summed E-state index contributed by atoms with van der Waals surface area (Å²) in [5.74, 6) is -3.30.